The molecule has 0 saturated heterocycles. The van der Waals surface area contributed by atoms with Gasteiger partial charge in [-0.3, -0.25) is 4.68 Å². The van der Waals surface area contributed by atoms with Crippen LogP contribution in [0.25, 0.3) is 28.1 Å². The van der Waals surface area contributed by atoms with Crippen LogP contribution in [0, 0.1) is 13.0 Å². The van der Waals surface area contributed by atoms with Gasteiger partial charge in [0, 0.05) is 32.2 Å². The summed E-state index contributed by atoms with van der Waals surface area (Å²) in [6.07, 6.45) is 0. The first kappa shape index (κ1) is 17.4. The number of hydrogen-bond donors (Lipinski definition) is 0. The van der Waals surface area contributed by atoms with Crippen LogP contribution in [-0.4, -0.2) is 9.78 Å². The number of nitrogens with zero attached hydrogens (tertiary/aromatic N) is 2. The van der Waals surface area contributed by atoms with Gasteiger partial charge in [-0.15, -0.1) is 6.07 Å². The first-order valence-electron chi connectivity index (χ1n) is 8.02. The second-order valence-corrected chi connectivity index (χ2v) is 5.70. The number of aromatic nitrogens is 2. The standard InChI is InChI=1S/C22H17N2.Pt/c1-17-21(18-11-5-2-6-12-18)22(19-13-7-3-8-14-19)24(23-17)20-15-9-4-10-16-20;/h2-15H,1H3;/q-1;. The smallest absolute Gasteiger partial charge is 0.0797 e. The number of benzene rings is 3. The number of aryl methyl sites for hydroxylation is 1. The van der Waals surface area contributed by atoms with Crippen molar-refractivity contribution in [1.29, 1.82) is 0 Å². The number of para-hydroxylation sites is 1. The molecule has 0 aliphatic carbocycles. The Morgan fingerprint density at radius 2 is 1.36 bits per heavy atom. The van der Waals surface area contributed by atoms with Crippen molar-refractivity contribution in [3.8, 4) is 28.1 Å². The Labute approximate surface area is 162 Å². The minimum Gasteiger partial charge on any atom is -0.257 e. The summed E-state index contributed by atoms with van der Waals surface area (Å²) in [5, 5.41) is 4.82. The van der Waals surface area contributed by atoms with Gasteiger partial charge >= 0.3 is 0 Å². The van der Waals surface area contributed by atoms with E-state index in [-0.39, 0.29) is 21.1 Å². The summed E-state index contributed by atoms with van der Waals surface area (Å²) >= 11 is 0. The summed E-state index contributed by atoms with van der Waals surface area (Å²) in [5.41, 5.74) is 6.55. The largest absolute Gasteiger partial charge is 0.257 e. The Hall–Kier alpha value is -2.44. The van der Waals surface area contributed by atoms with Crippen molar-refractivity contribution in [3.63, 3.8) is 0 Å². The molecule has 2 nitrogen and oxygen atoms in total. The molecule has 0 unspecified atom stereocenters. The van der Waals surface area contributed by atoms with Crippen LogP contribution >= 0.6 is 0 Å². The second-order valence-electron chi connectivity index (χ2n) is 5.70. The molecule has 126 valence electrons. The van der Waals surface area contributed by atoms with Crippen LogP contribution in [0.2, 0.25) is 0 Å². The molecule has 0 saturated carbocycles. The van der Waals surface area contributed by atoms with Gasteiger partial charge in [0.25, 0.3) is 0 Å². The van der Waals surface area contributed by atoms with Crippen LogP contribution in [0.3, 0.4) is 0 Å². The molecule has 1 aromatic heterocycles. The van der Waals surface area contributed by atoms with Gasteiger partial charge in [0.1, 0.15) is 0 Å². The van der Waals surface area contributed by atoms with E-state index in [1.54, 1.807) is 0 Å². The quantitative estimate of drug-likeness (QED) is 0.346. The van der Waals surface area contributed by atoms with Gasteiger partial charge < -0.3 is 0 Å². The van der Waals surface area contributed by atoms with Crippen LogP contribution < -0.4 is 0 Å². The molecule has 0 atom stereocenters. The summed E-state index contributed by atoms with van der Waals surface area (Å²) in [7, 11) is 0. The minimum absolute atomic E-state index is 0. The Kier molecular flexibility index (Phi) is 5.30. The zero-order valence-electron chi connectivity index (χ0n) is 13.8. The maximum absolute atomic E-state index is 4.82. The summed E-state index contributed by atoms with van der Waals surface area (Å²) in [6, 6.07) is 32.1. The van der Waals surface area contributed by atoms with Crippen LogP contribution in [0.5, 0.6) is 0 Å². The molecule has 3 heteroatoms. The first-order chi connectivity index (χ1) is 11.8. The van der Waals surface area contributed by atoms with Gasteiger partial charge in [0.2, 0.25) is 0 Å². The van der Waals surface area contributed by atoms with Crippen molar-refractivity contribution in [1.82, 2.24) is 9.78 Å². The number of hydrogen-bond acceptors (Lipinski definition) is 1. The molecule has 0 aliphatic rings. The molecule has 0 aliphatic heterocycles. The molecule has 0 amide bonds. The van der Waals surface area contributed by atoms with E-state index < -0.39 is 0 Å². The molecule has 0 spiro atoms. The van der Waals surface area contributed by atoms with Crippen molar-refractivity contribution >= 4 is 0 Å². The van der Waals surface area contributed by atoms with Gasteiger partial charge in [-0.25, -0.2) is 0 Å². The zero-order chi connectivity index (χ0) is 16.4. The summed E-state index contributed by atoms with van der Waals surface area (Å²) in [6.45, 7) is 2.06. The van der Waals surface area contributed by atoms with E-state index in [1.165, 1.54) is 11.1 Å². The van der Waals surface area contributed by atoms with Crippen LogP contribution in [0.15, 0.2) is 84.9 Å². The fourth-order valence-corrected chi connectivity index (χ4v) is 3.03. The van der Waals surface area contributed by atoms with Crippen molar-refractivity contribution in [3.05, 3.63) is 96.7 Å². The van der Waals surface area contributed by atoms with E-state index in [2.05, 4.69) is 61.5 Å². The summed E-state index contributed by atoms with van der Waals surface area (Å²) < 4.78 is 1.99. The molecule has 1 heterocycles. The van der Waals surface area contributed by atoms with Gasteiger partial charge in [-0.05, 0) is 18.2 Å². The molecule has 0 fully saturated rings. The molecule has 0 radical (unpaired) electrons. The molecule has 3 aromatic carbocycles. The van der Waals surface area contributed by atoms with Gasteiger partial charge in [0.15, 0.2) is 0 Å². The Balaban J connectivity index is 0.00000182. The molecular formula is C22H17N2Pt-. The van der Waals surface area contributed by atoms with Gasteiger partial charge in [0.05, 0.1) is 11.4 Å². The Morgan fingerprint density at radius 3 is 1.96 bits per heavy atom. The molecular weight excluding hydrogens is 487 g/mol. The third kappa shape index (κ3) is 3.36. The zero-order valence-corrected chi connectivity index (χ0v) is 16.1. The summed E-state index contributed by atoms with van der Waals surface area (Å²) in [4.78, 5) is 0. The Morgan fingerprint density at radius 1 is 0.760 bits per heavy atom. The van der Waals surface area contributed by atoms with Crippen LogP contribution in [-0.2, 0) is 21.1 Å². The third-order valence-corrected chi connectivity index (χ3v) is 4.09. The predicted molar refractivity (Wildman–Crippen MR) is 98.0 cm³/mol. The van der Waals surface area contributed by atoms with E-state index in [4.69, 9.17) is 5.10 Å². The predicted octanol–water partition coefficient (Wildman–Crippen LogP) is 5.31. The first-order valence-corrected chi connectivity index (χ1v) is 8.02. The molecule has 4 aromatic rings. The second kappa shape index (κ2) is 7.63. The average molecular weight is 504 g/mol. The fourth-order valence-electron chi connectivity index (χ4n) is 3.03. The SMILES string of the molecule is Cc1nn(-c2[c-]cccc2)c(-c2ccccc2)c1-c1ccccc1.[Pt]. The van der Waals surface area contributed by atoms with E-state index in [1.807, 2.05) is 41.1 Å². The Bertz CT molecular complexity index is 946. The molecule has 0 N–H and O–H groups in total. The minimum atomic E-state index is 0. The maximum Gasteiger partial charge on any atom is 0.0797 e. The van der Waals surface area contributed by atoms with Crippen molar-refractivity contribution in [2.45, 2.75) is 6.92 Å². The van der Waals surface area contributed by atoms with E-state index in [9.17, 15) is 0 Å². The van der Waals surface area contributed by atoms with E-state index in [0.29, 0.717) is 0 Å². The number of rotatable bonds is 3. The van der Waals surface area contributed by atoms with Crippen LogP contribution in [0.4, 0.5) is 0 Å². The third-order valence-electron chi connectivity index (χ3n) is 4.09. The fraction of sp³-hybridized carbons (Fsp3) is 0.0455. The maximum atomic E-state index is 4.82. The monoisotopic (exact) mass is 504 g/mol. The normalized spacial score (nSPS) is 10.3. The topological polar surface area (TPSA) is 17.8 Å². The van der Waals surface area contributed by atoms with E-state index in [0.717, 1.165) is 22.6 Å². The summed E-state index contributed by atoms with van der Waals surface area (Å²) in [5.74, 6) is 0. The van der Waals surface area contributed by atoms with E-state index >= 15 is 0 Å². The van der Waals surface area contributed by atoms with Crippen molar-refractivity contribution < 1.29 is 21.1 Å². The molecule has 4 rings (SSSR count). The van der Waals surface area contributed by atoms with Gasteiger partial charge in [-0.1, -0.05) is 60.7 Å². The average Bonchev–Trinajstić information content (AvgIpc) is 3.01. The van der Waals surface area contributed by atoms with Gasteiger partial charge in [-0.2, -0.15) is 29.4 Å². The van der Waals surface area contributed by atoms with Crippen molar-refractivity contribution in [2.75, 3.05) is 0 Å². The van der Waals surface area contributed by atoms with Crippen LogP contribution in [0.1, 0.15) is 5.69 Å². The van der Waals surface area contributed by atoms with Crippen molar-refractivity contribution in [2.24, 2.45) is 0 Å². The molecule has 25 heavy (non-hydrogen) atoms. The molecule has 0 bridgehead atoms.